The number of ether oxygens (including phenoxy) is 1. The van der Waals surface area contributed by atoms with Crippen LogP contribution in [0.15, 0.2) is 90.0 Å². The summed E-state index contributed by atoms with van der Waals surface area (Å²) in [6.45, 7) is 11.9. The maximum atomic E-state index is 6.66. The van der Waals surface area contributed by atoms with E-state index in [1.165, 1.54) is 27.3 Å². The lowest BCUT2D eigenvalue weighted by atomic mass is 9.85. The third-order valence-electron chi connectivity index (χ3n) is 6.23. The van der Waals surface area contributed by atoms with Crippen LogP contribution in [0.5, 0.6) is 5.75 Å². The van der Waals surface area contributed by atoms with Crippen molar-refractivity contribution >= 4 is 31.1 Å². The molecule has 0 N–H and O–H groups in total. The number of rotatable bonds is 7. The fourth-order valence-corrected chi connectivity index (χ4v) is 5.75. The van der Waals surface area contributed by atoms with Gasteiger partial charge in [0.15, 0.2) is 0 Å². The smallest absolute Gasteiger partial charge is 0.130 e. The number of para-hydroxylation sites is 1. The van der Waals surface area contributed by atoms with E-state index in [0.29, 0.717) is 21.1 Å². The van der Waals surface area contributed by atoms with E-state index in [0.717, 1.165) is 23.4 Å². The molecule has 3 heteroatoms. The Hall–Kier alpha value is -2.96. The molecule has 0 bridgehead atoms. The Labute approximate surface area is 212 Å². The number of benzene rings is 3. The second-order valence-corrected chi connectivity index (χ2v) is 11.6. The molecule has 0 spiro atoms. The molecule has 0 aromatic heterocycles. The van der Waals surface area contributed by atoms with Gasteiger partial charge in [-0.3, -0.25) is 4.99 Å². The van der Waals surface area contributed by atoms with E-state index in [1.807, 2.05) is 36.5 Å². The van der Waals surface area contributed by atoms with Crippen LogP contribution in [0, 0.1) is 19.8 Å². The van der Waals surface area contributed by atoms with Gasteiger partial charge in [0.25, 0.3) is 0 Å². The Morgan fingerprint density at radius 3 is 2.51 bits per heavy atom. The first-order valence-electron chi connectivity index (χ1n) is 12.4. The molecule has 3 aromatic carbocycles. The highest BCUT2D eigenvalue weighted by molar-refractivity contribution is 7.56. The summed E-state index contributed by atoms with van der Waals surface area (Å²) in [4.78, 5) is 4.75. The third kappa shape index (κ3) is 6.59. The Morgan fingerprint density at radius 2 is 1.80 bits per heavy atom. The summed E-state index contributed by atoms with van der Waals surface area (Å²) in [5.41, 5.74) is 5.96. The number of hydrogen-bond acceptors (Lipinski definition) is 2. The van der Waals surface area contributed by atoms with Gasteiger partial charge >= 0.3 is 0 Å². The molecule has 0 amide bonds. The summed E-state index contributed by atoms with van der Waals surface area (Å²) in [7, 11) is 0.483. The molecule has 0 aliphatic heterocycles. The van der Waals surface area contributed by atoms with Crippen molar-refractivity contribution in [1.29, 1.82) is 0 Å². The van der Waals surface area contributed by atoms with E-state index in [2.05, 4.69) is 89.3 Å². The van der Waals surface area contributed by atoms with Gasteiger partial charge in [0.2, 0.25) is 0 Å². The number of aliphatic imine (C=N–C) groups is 1. The zero-order chi connectivity index (χ0) is 24.8. The molecule has 1 aliphatic carbocycles. The second kappa shape index (κ2) is 11.2. The Kier molecular flexibility index (Phi) is 8.04. The Balaban J connectivity index is 1.72. The zero-order valence-corrected chi connectivity index (χ0v) is 22.5. The van der Waals surface area contributed by atoms with E-state index in [4.69, 9.17) is 9.73 Å². The van der Waals surface area contributed by atoms with Crippen LogP contribution in [0.2, 0.25) is 0 Å². The molecule has 0 heterocycles. The molecule has 180 valence electrons. The van der Waals surface area contributed by atoms with Gasteiger partial charge in [-0.25, -0.2) is 0 Å². The van der Waals surface area contributed by atoms with Crippen LogP contribution in [-0.2, 0) is 5.41 Å². The van der Waals surface area contributed by atoms with Crippen LogP contribution in [0.1, 0.15) is 49.4 Å². The molecule has 0 saturated heterocycles. The maximum Gasteiger partial charge on any atom is 0.130 e. The lowest BCUT2D eigenvalue weighted by molar-refractivity contribution is 0.271. The van der Waals surface area contributed by atoms with E-state index in [9.17, 15) is 0 Å². The van der Waals surface area contributed by atoms with Crippen LogP contribution < -0.4 is 15.3 Å². The summed E-state index contributed by atoms with van der Waals surface area (Å²) >= 11 is 0. The zero-order valence-electron chi connectivity index (χ0n) is 21.5. The molecular weight excluding hydrogens is 445 g/mol. The van der Waals surface area contributed by atoms with Gasteiger partial charge < -0.3 is 4.74 Å². The first-order chi connectivity index (χ1) is 16.8. The molecule has 35 heavy (non-hydrogen) atoms. The van der Waals surface area contributed by atoms with E-state index >= 15 is 0 Å². The van der Waals surface area contributed by atoms with Gasteiger partial charge in [0.1, 0.15) is 5.75 Å². The molecule has 2 unspecified atom stereocenters. The SMILES string of the molecule is Cc1cc(Pc2c(C)cccc2C=Nc2ccccc2)c(OCC2C=CC=CC2)c(C(C)(C)C)c1. The van der Waals surface area contributed by atoms with Crippen LogP contribution >= 0.6 is 8.58 Å². The van der Waals surface area contributed by atoms with Gasteiger partial charge in [-0.15, -0.1) is 0 Å². The van der Waals surface area contributed by atoms with Crippen molar-refractivity contribution in [3.05, 3.63) is 107 Å². The fourth-order valence-electron chi connectivity index (χ4n) is 4.29. The lowest BCUT2D eigenvalue weighted by Crippen LogP contribution is -2.22. The van der Waals surface area contributed by atoms with Crippen LogP contribution in [-0.4, -0.2) is 12.8 Å². The topological polar surface area (TPSA) is 21.6 Å². The molecule has 2 atom stereocenters. The minimum atomic E-state index is -0.00772. The highest BCUT2D eigenvalue weighted by atomic mass is 31.1. The molecule has 4 rings (SSSR count). The van der Waals surface area contributed by atoms with Crippen molar-refractivity contribution in [3.8, 4) is 5.75 Å². The van der Waals surface area contributed by atoms with Gasteiger partial charge in [0, 0.05) is 28.6 Å². The van der Waals surface area contributed by atoms with Crippen molar-refractivity contribution in [1.82, 2.24) is 0 Å². The van der Waals surface area contributed by atoms with Crippen molar-refractivity contribution in [2.45, 2.75) is 46.5 Å². The van der Waals surface area contributed by atoms with Crippen LogP contribution in [0.25, 0.3) is 0 Å². The van der Waals surface area contributed by atoms with E-state index < -0.39 is 0 Å². The van der Waals surface area contributed by atoms with Gasteiger partial charge in [-0.05, 0) is 60.3 Å². The van der Waals surface area contributed by atoms with Gasteiger partial charge in [-0.1, -0.05) is 96.1 Å². The third-order valence-corrected chi connectivity index (χ3v) is 7.80. The average Bonchev–Trinajstić information content (AvgIpc) is 2.84. The number of aryl methyl sites for hydroxylation is 2. The van der Waals surface area contributed by atoms with Gasteiger partial charge in [-0.2, -0.15) is 0 Å². The molecule has 2 nitrogen and oxygen atoms in total. The highest BCUT2D eigenvalue weighted by Gasteiger charge is 2.24. The molecule has 1 aliphatic rings. The largest absolute Gasteiger partial charge is 0.492 e. The molecular formula is C32H36NOP. The van der Waals surface area contributed by atoms with Crippen LogP contribution in [0.4, 0.5) is 5.69 Å². The summed E-state index contributed by atoms with van der Waals surface area (Å²) in [5.74, 6) is 1.47. The second-order valence-electron chi connectivity index (χ2n) is 10.3. The van der Waals surface area contributed by atoms with Crippen molar-refractivity contribution in [3.63, 3.8) is 0 Å². The molecule has 3 aromatic rings. The van der Waals surface area contributed by atoms with E-state index in [-0.39, 0.29) is 5.41 Å². The first kappa shape index (κ1) is 25.1. The highest BCUT2D eigenvalue weighted by Crippen LogP contribution is 2.35. The van der Waals surface area contributed by atoms with E-state index in [1.54, 1.807) is 0 Å². The van der Waals surface area contributed by atoms with Gasteiger partial charge in [0.05, 0.1) is 12.3 Å². The predicted molar refractivity (Wildman–Crippen MR) is 154 cm³/mol. The molecule has 0 saturated carbocycles. The minimum Gasteiger partial charge on any atom is -0.492 e. The quantitative estimate of drug-likeness (QED) is 0.253. The van der Waals surface area contributed by atoms with Crippen molar-refractivity contribution < 1.29 is 4.74 Å². The maximum absolute atomic E-state index is 6.66. The summed E-state index contributed by atoms with van der Waals surface area (Å²) < 4.78 is 6.66. The Bertz CT molecular complexity index is 1250. The summed E-state index contributed by atoms with van der Waals surface area (Å²) in [6.07, 6.45) is 11.8. The fraction of sp³-hybridized carbons (Fsp3) is 0.281. The van der Waals surface area contributed by atoms with Crippen LogP contribution in [0.3, 0.4) is 0 Å². The number of hydrogen-bond donors (Lipinski definition) is 0. The standard InChI is InChI=1S/C32H36NOP/c1-23-19-28(32(3,4)5)30(34-22-25-14-8-6-9-15-25)29(20-23)35-31-24(2)13-12-16-26(31)21-33-27-17-10-7-11-18-27/h6-14,16-21,25,35H,15,22H2,1-5H3. The normalized spacial score (nSPS) is 16.0. The first-order valence-corrected chi connectivity index (χ1v) is 13.4. The Morgan fingerprint density at radius 1 is 1.00 bits per heavy atom. The number of allylic oxidation sites excluding steroid dienone is 3. The van der Waals surface area contributed by atoms with Crippen molar-refractivity contribution in [2.24, 2.45) is 10.9 Å². The predicted octanol–water partition coefficient (Wildman–Crippen LogP) is 7.49. The minimum absolute atomic E-state index is 0.00772. The summed E-state index contributed by atoms with van der Waals surface area (Å²) in [6, 6.07) is 21.2. The summed E-state index contributed by atoms with van der Waals surface area (Å²) in [5, 5.41) is 2.59. The monoisotopic (exact) mass is 481 g/mol. The van der Waals surface area contributed by atoms with Crippen molar-refractivity contribution in [2.75, 3.05) is 6.61 Å². The number of nitrogens with zero attached hydrogens (tertiary/aromatic N) is 1. The average molecular weight is 482 g/mol. The molecule has 0 fully saturated rings. The lowest BCUT2D eigenvalue weighted by Gasteiger charge is -2.27. The molecule has 0 radical (unpaired) electrons.